The Kier molecular flexibility index (Phi) is 6.46. The van der Waals surface area contributed by atoms with Crippen molar-refractivity contribution < 1.29 is 24.6 Å². The van der Waals surface area contributed by atoms with Gasteiger partial charge in [0.05, 0.1) is 26.9 Å². The normalized spacial score (nSPS) is 13.2. The molecule has 2 rings (SSSR count). The predicted molar refractivity (Wildman–Crippen MR) is 92.6 cm³/mol. The summed E-state index contributed by atoms with van der Waals surface area (Å²) in [5.74, 6) is 2.04. The number of methoxy groups -OCH3 is 3. The van der Waals surface area contributed by atoms with Crippen molar-refractivity contribution in [2.45, 2.75) is 25.6 Å². The number of benzene rings is 2. The zero-order chi connectivity index (χ0) is 17.5. The van der Waals surface area contributed by atoms with Gasteiger partial charge in [-0.25, -0.2) is 0 Å². The predicted octanol–water partition coefficient (Wildman–Crippen LogP) is 1.90. The monoisotopic (exact) mass is 332 g/mol. The maximum atomic E-state index is 10.5. The molecule has 0 spiro atoms. The van der Waals surface area contributed by atoms with E-state index in [0.29, 0.717) is 18.0 Å². The van der Waals surface area contributed by atoms with Gasteiger partial charge in [-0.1, -0.05) is 30.3 Å². The van der Waals surface area contributed by atoms with Gasteiger partial charge < -0.3 is 24.6 Å². The highest BCUT2D eigenvalue weighted by Gasteiger charge is 2.20. The number of aliphatic hydroxyl groups is 1. The van der Waals surface area contributed by atoms with Crippen LogP contribution >= 0.6 is 0 Å². The first-order valence-electron chi connectivity index (χ1n) is 7.96. The summed E-state index contributed by atoms with van der Waals surface area (Å²) in [5.41, 5.74) is 1.91. The Labute approximate surface area is 143 Å². The first kappa shape index (κ1) is 18.1. The highest BCUT2D eigenvalue weighted by Crippen LogP contribution is 2.34. The fourth-order valence-electron chi connectivity index (χ4n) is 2.65. The number of ether oxygens (including phenoxy) is 3. The molecule has 2 aromatic carbocycles. The third-order valence-corrected chi connectivity index (χ3v) is 4.14. The highest BCUT2D eigenvalue weighted by atomic mass is 16.5. The van der Waals surface area contributed by atoms with E-state index in [-0.39, 0.29) is 6.04 Å². The summed E-state index contributed by atoms with van der Waals surface area (Å²) in [4.78, 5) is 0. The first-order chi connectivity index (χ1) is 11.6. The molecule has 0 aliphatic heterocycles. The van der Waals surface area contributed by atoms with Crippen LogP contribution in [0.2, 0.25) is 0 Å². The maximum absolute atomic E-state index is 10.5. The SMILES string of the molecule is COc1cc(OC)c(OC)cc1C[NH2+][C@H](C)[C@@H](O)c1ccccc1. The Balaban J connectivity index is 2.10. The van der Waals surface area contributed by atoms with Crippen molar-refractivity contribution in [3.8, 4) is 17.2 Å². The Morgan fingerprint density at radius 1 is 0.917 bits per heavy atom. The van der Waals surface area contributed by atoms with E-state index < -0.39 is 6.10 Å². The molecule has 2 aromatic rings. The van der Waals surface area contributed by atoms with E-state index in [0.717, 1.165) is 16.9 Å². The standard InChI is InChI=1S/C19H25NO4/c1-13(19(21)14-8-6-5-7-9-14)20-12-15-10-17(23-3)18(24-4)11-16(15)22-2/h5-11,13,19-21H,12H2,1-4H3/p+1/t13-,19-/m1/s1. The van der Waals surface area contributed by atoms with Gasteiger partial charge in [0, 0.05) is 6.07 Å². The lowest BCUT2D eigenvalue weighted by Crippen LogP contribution is -2.89. The molecule has 0 bridgehead atoms. The fourth-order valence-corrected chi connectivity index (χ4v) is 2.65. The molecule has 0 saturated heterocycles. The van der Waals surface area contributed by atoms with E-state index in [2.05, 4.69) is 5.32 Å². The molecule has 0 heterocycles. The van der Waals surface area contributed by atoms with Gasteiger partial charge in [-0.05, 0) is 18.6 Å². The summed E-state index contributed by atoms with van der Waals surface area (Å²) in [5, 5.41) is 12.6. The third kappa shape index (κ3) is 4.19. The minimum Gasteiger partial charge on any atom is -0.496 e. The topological polar surface area (TPSA) is 64.5 Å². The van der Waals surface area contributed by atoms with Crippen LogP contribution in [0.1, 0.15) is 24.2 Å². The summed E-state index contributed by atoms with van der Waals surface area (Å²) >= 11 is 0. The van der Waals surface area contributed by atoms with Gasteiger partial charge in [-0.2, -0.15) is 0 Å². The van der Waals surface area contributed by atoms with Crippen molar-refractivity contribution in [1.29, 1.82) is 0 Å². The average molecular weight is 332 g/mol. The molecule has 0 amide bonds. The minimum atomic E-state index is -0.530. The van der Waals surface area contributed by atoms with Crippen molar-refractivity contribution in [3.63, 3.8) is 0 Å². The molecule has 0 unspecified atom stereocenters. The molecular formula is C19H26NO4+. The molecule has 0 aliphatic rings. The molecule has 3 N–H and O–H groups in total. The summed E-state index contributed by atoms with van der Waals surface area (Å²) < 4.78 is 16.1. The van der Waals surface area contributed by atoms with Crippen LogP contribution in [0.3, 0.4) is 0 Å². The third-order valence-electron chi connectivity index (χ3n) is 4.14. The lowest BCUT2D eigenvalue weighted by molar-refractivity contribution is -0.709. The summed E-state index contributed by atoms with van der Waals surface area (Å²) in [6.07, 6.45) is -0.530. The molecule has 2 atom stereocenters. The van der Waals surface area contributed by atoms with E-state index in [4.69, 9.17) is 14.2 Å². The molecule has 0 fully saturated rings. The maximum Gasteiger partial charge on any atom is 0.164 e. The second-order valence-electron chi connectivity index (χ2n) is 5.67. The smallest absolute Gasteiger partial charge is 0.164 e. The summed E-state index contributed by atoms with van der Waals surface area (Å²) in [6.45, 7) is 2.67. The fraction of sp³-hybridized carbons (Fsp3) is 0.368. The van der Waals surface area contributed by atoms with Crippen LogP contribution in [-0.4, -0.2) is 32.5 Å². The molecule has 130 valence electrons. The van der Waals surface area contributed by atoms with Crippen LogP contribution in [0.4, 0.5) is 0 Å². The largest absolute Gasteiger partial charge is 0.496 e. The molecular weight excluding hydrogens is 306 g/mol. The molecule has 0 radical (unpaired) electrons. The Morgan fingerprint density at radius 2 is 1.50 bits per heavy atom. The second kappa shape index (κ2) is 8.57. The van der Waals surface area contributed by atoms with Gasteiger partial charge >= 0.3 is 0 Å². The van der Waals surface area contributed by atoms with E-state index in [9.17, 15) is 5.11 Å². The number of nitrogens with two attached hydrogens (primary N) is 1. The van der Waals surface area contributed by atoms with Gasteiger partial charge in [0.2, 0.25) is 0 Å². The number of hydrogen-bond acceptors (Lipinski definition) is 4. The van der Waals surface area contributed by atoms with Crippen molar-refractivity contribution >= 4 is 0 Å². The van der Waals surface area contributed by atoms with Crippen LogP contribution in [0.15, 0.2) is 42.5 Å². The number of hydrogen-bond donors (Lipinski definition) is 2. The van der Waals surface area contributed by atoms with E-state index >= 15 is 0 Å². The molecule has 0 saturated carbocycles. The average Bonchev–Trinajstić information content (AvgIpc) is 2.65. The van der Waals surface area contributed by atoms with Crippen LogP contribution in [0, 0.1) is 0 Å². The first-order valence-corrected chi connectivity index (χ1v) is 7.96. The quantitative estimate of drug-likeness (QED) is 0.775. The van der Waals surface area contributed by atoms with Crippen molar-refractivity contribution in [2.24, 2.45) is 0 Å². The van der Waals surface area contributed by atoms with Crippen LogP contribution < -0.4 is 19.5 Å². The Bertz CT molecular complexity index is 645. The number of rotatable bonds is 8. The van der Waals surface area contributed by atoms with Crippen molar-refractivity contribution in [1.82, 2.24) is 0 Å². The lowest BCUT2D eigenvalue weighted by Gasteiger charge is -2.19. The Morgan fingerprint density at radius 3 is 2.08 bits per heavy atom. The Hall–Kier alpha value is -2.24. The summed E-state index contributed by atoms with van der Waals surface area (Å²) in [7, 11) is 4.84. The zero-order valence-electron chi connectivity index (χ0n) is 14.7. The van der Waals surface area contributed by atoms with Crippen LogP contribution in [0.25, 0.3) is 0 Å². The molecule has 5 heteroatoms. The van der Waals surface area contributed by atoms with Crippen molar-refractivity contribution in [2.75, 3.05) is 21.3 Å². The zero-order valence-corrected chi connectivity index (χ0v) is 14.7. The number of aliphatic hydroxyl groups excluding tert-OH is 1. The van der Waals surface area contributed by atoms with Gasteiger partial charge in [-0.3, -0.25) is 0 Å². The highest BCUT2D eigenvalue weighted by molar-refractivity contribution is 5.50. The van der Waals surface area contributed by atoms with Gasteiger partial charge in [-0.15, -0.1) is 0 Å². The van der Waals surface area contributed by atoms with Crippen molar-refractivity contribution in [3.05, 3.63) is 53.6 Å². The van der Waals surface area contributed by atoms with E-state index in [1.807, 2.05) is 49.4 Å². The summed E-state index contributed by atoms with van der Waals surface area (Å²) in [6, 6.07) is 13.4. The molecule has 0 aromatic heterocycles. The second-order valence-corrected chi connectivity index (χ2v) is 5.67. The minimum absolute atomic E-state index is 0.00482. The van der Waals surface area contributed by atoms with E-state index in [1.165, 1.54) is 0 Å². The molecule has 0 aliphatic carbocycles. The number of quaternary nitrogens is 1. The lowest BCUT2D eigenvalue weighted by atomic mass is 10.0. The molecule has 24 heavy (non-hydrogen) atoms. The molecule has 5 nitrogen and oxygen atoms in total. The van der Waals surface area contributed by atoms with Gasteiger partial charge in [0.1, 0.15) is 24.4 Å². The van der Waals surface area contributed by atoms with Crippen LogP contribution in [-0.2, 0) is 6.54 Å². The van der Waals surface area contributed by atoms with Gasteiger partial charge in [0.15, 0.2) is 11.5 Å². The van der Waals surface area contributed by atoms with Gasteiger partial charge in [0.25, 0.3) is 0 Å². The van der Waals surface area contributed by atoms with Crippen LogP contribution in [0.5, 0.6) is 17.2 Å². The van der Waals surface area contributed by atoms with E-state index in [1.54, 1.807) is 21.3 Å².